The van der Waals surface area contributed by atoms with Gasteiger partial charge in [0.1, 0.15) is 0 Å². The minimum absolute atomic E-state index is 0. The zero-order valence-electron chi connectivity index (χ0n) is 18.6. The Morgan fingerprint density at radius 3 is 2.44 bits per heavy atom. The Balaban J connectivity index is 0.00000274. The van der Waals surface area contributed by atoms with Crippen LogP contribution in [0.3, 0.4) is 0 Å². The van der Waals surface area contributed by atoms with E-state index in [4.69, 9.17) is 0 Å². The van der Waals surface area contributed by atoms with Crippen molar-refractivity contribution in [2.45, 2.75) is 37.9 Å². The van der Waals surface area contributed by atoms with Gasteiger partial charge in [-0.1, -0.05) is 42.5 Å². The molecule has 4 nitrogen and oxygen atoms in total. The van der Waals surface area contributed by atoms with Crippen LogP contribution < -0.4 is 10.6 Å². The van der Waals surface area contributed by atoms with Gasteiger partial charge in [0.25, 0.3) is 0 Å². The van der Waals surface area contributed by atoms with Crippen molar-refractivity contribution in [1.29, 1.82) is 0 Å². The van der Waals surface area contributed by atoms with Crippen molar-refractivity contribution in [3.05, 3.63) is 77.6 Å². The molecule has 2 aliphatic rings. The van der Waals surface area contributed by atoms with Crippen LogP contribution in [0.4, 0.5) is 18.9 Å². The average molecular weight is 490 g/mol. The highest BCUT2D eigenvalue weighted by molar-refractivity contribution is 5.87. The molecule has 3 aromatic rings. The Hall–Kier alpha value is -2.77. The van der Waals surface area contributed by atoms with Crippen LogP contribution in [0, 0.1) is 23.4 Å². The summed E-state index contributed by atoms with van der Waals surface area (Å²) in [6, 6.07) is 16.1. The summed E-state index contributed by atoms with van der Waals surface area (Å²) in [5, 5.41) is 8.64. The zero-order chi connectivity index (χ0) is 22.9. The Morgan fingerprint density at radius 2 is 1.71 bits per heavy atom. The van der Waals surface area contributed by atoms with Crippen LogP contribution in [-0.2, 0) is 11.3 Å². The van der Waals surface area contributed by atoms with Crippen LogP contribution in [0.5, 0.6) is 0 Å². The van der Waals surface area contributed by atoms with Crippen LogP contribution >= 0.6 is 12.4 Å². The summed E-state index contributed by atoms with van der Waals surface area (Å²) in [4.78, 5) is 15.7. The second-order valence-electron chi connectivity index (χ2n) is 8.94. The predicted octanol–water partition coefficient (Wildman–Crippen LogP) is 5.26. The first-order valence-corrected chi connectivity index (χ1v) is 11.4. The zero-order valence-corrected chi connectivity index (χ0v) is 19.4. The fraction of sp³-hybridized carbons (Fsp3) is 0.346. The molecule has 2 N–H and O–H groups in total. The molecule has 0 bridgehead atoms. The van der Waals surface area contributed by atoms with Crippen LogP contribution in [0.2, 0.25) is 0 Å². The lowest BCUT2D eigenvalue weighted by molar-refractivity contribution is -0.137. The van der Waals surface area contributed by atoms with Gasteiger partial charge < -0.3 is 15.5 Å². The van der Waals surface area contributed by atoms with E-state index >= 15 is 0 Å². The second kappa shape index (κ2) is 10.2. The van der Waals surface area contributed by atoms with Gasteiger partial charge >= 0.3 is 0 Å². The molecule has 5 rings (SSSR count). The number of hydrogen-bond acceptors (Lipinski definition) is 3. The number of fused-ring (bicyclic) bond motifs is 1. The van der Waals surface area contributed by atoms with Crippen molar-refractivity contribution in [2.24, 2.45) is 5.92 Å². The molecule has 2 fully saturated rings. The molecule has 1 aliphatic carbocycles. The number of hydrogen-bond donors (Lipinski definition) is 2. The number of benzene rings is 3. The third-order valence-electron chi connectivity index (χ3n) is 6.63. The van der Waals surface area contributed by atoms with E-state index in [2.05, 4.69) is 34.9 Å². The van der Waals surface area contributed by atoms with E-state index in [0.717, 1.165) is 41.3 Å². The average Bonchev–Trinajstić information content (AvgIpc) is 3.66. The predicted molar refractivity (Wildman–Crippen MR) is 129 cm³/mol. The molecule has 180 valence electrons. The number of nitrogens with one attached hydrogen (secondary N) is 2. The number of amides is 1. The van der Waals surface area contributed by atoms with E-state index in [1.54, 1.807) is 0 Å². The number of rotatable bonds is 6. The normalized spacial score (nSPS) is 20.0. The molecular formula is C26H27ClF3N3O. The van der Waals surface area contributed by atoms with Crippen molar-refractivity contribution in [3.63, 3.8) is 0 Å². The smallest absolute Gasteiger partial charge is 0.229 e. The summed E-state index contributed by atoms with van der Waals surface area (Å²) >= 11 is 0. The minimum atomic E-state index is -1.49. The summed E-state index contributed by atoms with van der Waals surface area (Å²) in [7, 11) is 0. The van der Waals surface area contributed by atoms with Crippen molar-refractivity contribution >= 4 is 34.8 Å². The number of piperidine rings is 1. The van der Waals surface area contributed by atoms with Crippen molar-refractivity contribution in [1.82, 2.24) is 10.2 Å². The van der Waals surface area contributed by atoms with Crippen LogP contribution in [0.1, 0.15) is 24.8 Å². The molecular weight excluding hydrogens is 463 g/mol. The lowest BCUT2D eigenvalue weighted by Crippen LogP contribution is -2.52. The maximum Gasteiger partial charge on any atom is 0.229 e. The second-order valence-corrected chi connectivity index (χ2v) is 8.94. The molecule has 2 unspecified atom stereocenters. The van der Waals surface area contributed by atoms with E-state index in [0.29, 0.717) is 26.1 Å². The quantitative estimate of drug-likeness (QED) is 0.464. The SMILES string of the molecule is Cl.O=C(C1CNCCC1Nc1cc(F)c(F)c(F)c1)N(Cc1cccc2ccccc12)C1CC1. The van der Waals surface area contributed by atoms with Crippen LogP contribution in [0.25, 0.3) is 10.8 Å². The van der Waals surface area contributed by atoms with Gasteiger partial charge in [0.05, 0.1) is 5.92 Å². The van der Waals surface area contributed by atoms with Crippen molar-refractivity contribution in [2.75, 3.05) is 18.4 Å². The Labute approximate surface area is 202 Å². The van der Waals surface area contributed by atoms with Gasteiger partial charge in [0.2, 0.25) is 5.91 Å². The number of nitrogens with zero attached hydrogens (tertiary/aromatic N) is 1. The summed E-state index contributed by atoms with van der Waals surface area (Å²) in [5.74, 6) is -4.35. The van der Waals surface area contributed by atoms with Crippen LogP contribution in [0.15, 0.2) is 54.6 Å². The van der Waals surface area contributed by atoms with E-state index in [1.807, 2.05) is 23.1 Å². The first-order valence-electron chi connectivity index (χ1n) is 11.4. The molecule has 1 amide bonds. The highest BCUT2D eigenvalue weighted by Gasteiger charge is 2.40. The molecule has 0 spiro atoms. The largest absolute Gasteiger partial charge is 0.381 e. The van der Waals surface area contributed by atoms with Gasteiger partial charge in [-0.3, -0.25) is 4.79 Å². The molecule has 1 saturated carbocycles. The number of carbonyl (C=O) groups is 1. The monoisotopic (exact) mass is 489 g/mol. The lowest BCUT2D eigenvalue weighted by atomic mass is 9.91. The Kier molecular flexibility index (Phi) is 7.33. The molecule has 2 atom stereocenters. The topological polar surface area (TPSA) is 44.4 Å². The third kappa shape index (κ3) is 5.00. The fourth-order valence-electron chi connectivity index (χ4n) is 4.74. The van der Waals surface area contributed by atoms with Gasteiger partial charge in [-0.25, -0.2) is 13.2 Å². The first kappa shape index (κ1) is 24.4. The molecule has 1 saturated heterocycles. The van der Waals surface area contributed by atoms with Gasteiger partial charge in [0, 0.05) is 43.0 Å². The fourth-order valence-corrected chi connectivity index (χ4v) is 4.74. The highest BCUT2D eigenvalue weighted by Crippen LogP contribution is 2.33. The van der Waals surface area contributed by atoms with E-state index in [1.165, 1.54) is 0 Å². The van der Waals surface area contributed by atoms with Gasteiger partial charge in [-0.15, -0.1) is 12.4 Å². The van der Waals surface area contributed by atoms with E-state index < -0.39 is 23.4 Å². The highest BCUT2D eigenvalue weighted by atomic mass is 35.5. The number of anilines is 1. The number of halogens is 4. The van der Waals surface area contributed by atoms with Gasteiger partial charge in [-0.2, -0.15) is 0 Å². The molecule has 1 heterocycles. The number of carbonyl (C=O) groups excluding carboxylic acids is 1. The Bertz CT molecular complexity index is 1160. The maximum atomic E-state index is 13.7. The molecule has 0 radical (unpaired) electrons. The maximum absolute atomic E-state index is 13.7. The summed E-state index contributed by atoms with van der Waals surface area (Å²) in [6.07, 6.45) is 2.57. The summed E-state index contributed by atoms with van der Waals surface area (Å²) in [5.41, 5.74) is 1.24. The van der Waals surface area contributed by atoms with Gasteiger partial charge in [-0.05, 0) is 42.1 Å². The standard InChI is InChI=1S/C26H26F3N3O.ClH/c27-22-12-18(13-23(28)25(22)29)31-24-10-11-30-14-21(24)26(33)32(19-8-9-19)15-17-6-3-5-16-4-1-2-7-20(16)17;/h1-7,12-13,19,21,24,30-31H,8-11,14-15H2;1H. The Morgan fingerprint density at radius 1 is 1.00 bits per heavy atom. The molecule has 8 heteroatoms. The minimum Gasteiger partial charge on any atom is -0.381 e. The van der Waals surface area contributed by atoms with Crippen molar-refractivity contribution < 1.29 is 18.0 Å². The molecule has 0 aromatic heterocycles. The molecule has 34 heavy (non-hydrogen) atoms. The van der Waals surface area contributed by atoms with Crippen molar-refractivity contribution in [3.8, 4) is 0 Å². The lowest BCUT2D eigenvalue weighted by Gasteiger charge is -2.36. The van der Waals surface area contributed by atoms with E-state index in [-0.39, 0.29) is 36.1 Å². The van der Waals surface area contributed by atoms with Crippen LogP contribution in [-0.4, -0.2) is 36.0 Å². The molecule has 3 aromatic carbocycles. The molecule has 1 aliphatic heterocycles. The third-order valence-corrected chi connectivity index (χ3v) is 6.63. The van der Waals surface area contributed by atoms with Gasteiger partial charge in [0.15, 0.2) is 17.5 Å². The van der Waals surface area contributed by atoms with E-state index in [9.17, 15) is 18.0 Å². The first-order chi connectivity index (χ1) is 16.0. The summed E-state index contributed by atoms with van der Waals surface area (Å²) in [6.45, 7) is 1.68. The summed E-state index contributed by atoms with van der Waals surface area (Å²) < 4.78 is 40.8.